The molecular weight excluding hydrogens is 187 g/mol. The molecule has 68 valence electrons. The maximum atomic E-state index is 10.4. The lowest BCUT2D eigenvalue weighted by Gasteiger charge is -1.98. The van der Waals surface area contributed by atoms with Crippen molar-refractivity contribution in [1.82, 2.24) is 0 Å². The Morgan fingerprint density at radius 2 is 2.23 bits per heavy atom. The monoisotopic (exact) mass is 197 g/mol. The van der Waals surface area contributed by atoms with Crippen LogP contribution in [0.3, 0.4) is 0 Å². The maximum absolute atomic E-state index is 10.4. The van der Waals surface area contributed by atoms with Crippen LogP contribution in [0.25, 0.3) is 0 Å². The first kappa shape index (κ1) is 9.90. The molecule has 0 bridgehead atoms. The van der Waals surface area contributed by atoms with E-state index in [9.17, 15) is 4.57 Å². The molecule has 0 heterocycles. The van der Waals surface area contributed by atoms with Crippen LogP contribution in [0, 0.1) is 0 Å². The molecular formula is C9H10O3P+. The zero-order chi connectivity index (χ0) is 9.68. The standard InChI is InChI=1S/C9H9O3P/c1-2-5-8-6-3-4-7-9(8)12-13(10)11/h2-4,6-7H,1,5H2/p+1. The largest absolute Gasteiger partial charge is 0.747 e. The van der Waals surface area contributed by atoms with Gasteiger partial charge in [0.1, 0.15) is 0 Å². The van der Waals surface area contributed by atoms with Gasteiger partial charge in [-0.15, -0.1) is 11.5 Å². The van der Waals surface area contributed by atoms with E-state index in [-0.39, 0.29) is 0 Å². The summed E-state index contributed by atoms with van der Waals surface area (Å²) in [5, 5.41) is 0. The second kappa shape index (κ2) is 4.75. The molecule has 3 nitrogen and oxygen atoms in total. The zero-order valence-electron chi connectivity index (χ0n) is 7.01. The molecule has 1 unspecified atom stereocenters. The highest BCUT2D eigenvalue weighted by atomic mass is 31.1. The second-order valence-corrected chi connectivity index (χ2v) is 3.09. The van der Waals surface area contributed by atoms with Gasteiger partial charge in [0.25, 0.3) is 0 Å². The summed E-state index contributed by atoms with van der Waals surface area (Å²) in [6.07, 6.45) is 2.34. The van der Waals surface area contributed by atoms with E-state index in [1.807, 2.05) is 12.1 Å². The van der Waals surface area contributed by atoms with Crippen molar-refractivity contribution in [2.45, 2.75) is 6.42 Å². The molecule has 1 aromatic carbocycles. The van der Waals surface area contributed by atoms with Gasteiger partial charge < -0.3 is 0 Å². The van der Waals surface area contributed by atoms with Crippen LogP contribution in [0.1, 0.15) is 5.56 Å². The summed E-state index contributed by atoms with van der Waals surface area (Å²) < 4.78 is 15.1. The molecule has 13 heavy (non-hydrogen) atoms. The molecule has 0 aliphatic carbocycles. The van der Waals surface area contributed by atoms with Crippen LogP contribution < -0.4 is 4.52 Å². The second-order valence-electron chi connectivity index (χ2n) is 2.43. The first-order valence-electron chi connectivity index (χ1n) is 3.77. The zero-order valence-corrected chi connectivity index (χ0v) is 7.91. The molecule has 1 aromatic rings. The Hall–Kier alpha value is -1.18. The highest BCUT2D eigenvalue weighted by molar-refractivity contribution is 7.32. The molecule has 0 amide bonds. The first-order valence-corrected chi connectivity index (χ1v) is 4.90. The van der Waals surface area contributed by atoms with Gasteiger partial charge in [-0.05, 0) is 12.5 Å². The van der Waals surface area contributed by atoms with Gasteiger partial charge in [0, 0.05) is 10.1 Å². The van der Waals surface area contributed by atoms with E-state index in [2.05, 4.69) is 6.58 Å². The van der Waals surface area contributed by atoms with Crippen molar-refractivity contribution in [2.75, 3.05) is 0 Å². The van der Waals surface area contributed by atoms with Gasteiger partial charge in [0.15, 0.2) is 5.75 Å². The summed E-state index contributed by atoms with van der Waals surface area (Å²) in [7, 11) is -2.59. The lowest BCUT2D eigenvalue weighted by molar-refractivity contribution is 0.409. The third-order valence-corrected chi connectivity index (χ3v) is 1.87. The Morgan fingerprint density at radius 1 is 1.54 bits per heavy atom. The molecule has 0 saturated heterocycles. The topological polar surface area (TPSA) is 46.5 Å². The summed E-state index contributed by atoms with van der Waals surface area (Å²) in [6.45, 7) is 3.59. The fourth-order valence-corrected chi connectivity index (χ4v) is 1.35. The lowest BCUT2D eigenvalue weighted by atomic mass is 10.1. The van der Waals surface area contributed by atoms with Crippen molar-refractivity contribution in [3.05, 3.63) is 42.5 Å². The maximum Gasteiger partial charge on any atom is 0.747 e. The van der Waals surface area contributed by atoms with Crippen molar-refractivity contribution < 1.29 is 14.0 Å². The van der Waals surface area contributed by atoms with Gasteiger partial charge >= 0.3 is 8.25 Å². The van der Waals surface area contributed by atoms with Gasteiger partial charge in [-0.1, -0.05) is 24.3 Å². The fraction of sp³-hybridized carbons (Fsp3) is 0.111. The molecule has 0 aliphatic rings. The highest BCUT2D eigenvalue weighted by Gasteiger charge is 2.16. The van der Waals surface area contributed by atoms with Gasteiger partial charge in [-0.3, -0.25) is 0 Å². The van der Waals surface area contributed by atoms with Crippen LogP contribution in [0.5, 0.6) is 5.75 Å². The fourth-order valence-electron chi connectivity index (χ4n) is 1.00. The quantitative estimate of drug-likeness (QED) is 0.595. The Kier molecular flexibility index (Phi) is 3.62. The van der Waals surface area contributed by atoms with E-state index in [0.717, 1.165) is 5.56 Å². The van der Waals surface area contributed by atoms with Crippen molar-refractivity contribution in [2.24, 2.45) is 0 Å². The Balaban J connectivity index is 2.90. The van der Waals surface area contributed by atoms with Gasteiger partial charge in [-0.25, -0.2) is 4.52 Å². The van der Waals surface area contributed by atoms with Gasteiger partial charge in [-0.2, -0.15) is 0 Å². The van der Waals surface area contributed by atoms with Crippen LogP contribution in [0.4, 0.5) is 0 Å². The molecule has 0 aromatic heterocycles. The molecule has 1 atom stereocenters. The SMILES string of the molecule is C=CCc1ccccc1O[P+](=O)O. The predicted molar refractivity (Wildman–Crippen MR) is 50.8 cm³/mol. The summed E-state index contributed by atoms with van der Waals surface area (Å²) in [4.78, 5) is 8.56. The summed E-state index contributed by atoms with van der Waals surface area (Å²) in [6, 6.07) is 7.08. The molecule has 1 N–H and O–H groups in total. The van der Waals surface area contributed by atoms with Crippen LogP contribution in [0.15, 0.2) is 36.9 Å². The van der Waals surface area contributed by atoms with Crippen LogP contribution >= 0.6 is 8.25 Å². The van der Waals surface area contributed by atoms with Crippen molar-refractivity contribution in [3.63, 3.8) is 0 Å². The molecule has 0 fully saturated rings. The molecule has 0 saturated carbocycles. The van der Waals surface area contributed by atoms with Crippen molar-refractivity contribution in [3.8, 4) is 5.75 Å². The molecule has 0 aliphatic heterocycles. The predicted octanol–water partition coefficient (Wildman–Crippen LogP) is 2.44. The number of benzene rings is 1. The van der Waals surface area contributed by atoms with Crippen LogP contribution in [-0.2, 0) is 11.0 Å². The molecule has 4 heteroatoms. The van der Waals surface area contributed by atoms with E-state index in [1.165, 1.54) is 0 Å². The third kappa shape index (κ3) is 2.98. The normalized spacial score (nSPS) is 10.7. The molecule has 1 rings (SSSR count). The number of hydrogen-bond donors (Lipinski definition) is 1. The number of rotatable bonds is 4. The minimum Gasteiger partial charge on any atom is -0.229 e. The van der Waals surface area contributed by atoms with E-state index in [0.29, 0.717) is 12.2 Å². The van der Waals surface area contributed by atoms with Crippen LogP contribution in [-0.4, -0.2) is 4.89 Å². The first-order chi connectivity index (χ1) is 6.24. The number of hydrogen-bond acceptors (Lipinski definition) is 2. The van der Waals surface area contributed by atoms with E-state index in [4.69, 9.17) is 9.42 Å². The highest BCUT2D eigenvalue weighted by Crippen LogP contribution is 2.26. The van der Waals surface area contributed by atoms with Crippen molar-refractivity contribution >= 4 is 8.25 Å². The molecule has 0 spiro atoms. The minimum absolute atomic E-state index is 0.436. The molecule has 0 radical (unpaired) electrons. The number of para-hydroxylation sites is 1. The Bertz CT molecular complexity index is 322. The van der Waals surface area contributed by atoms with Gasteiger partial charge in [0.05, 0.1) is 0 Å². The van der Waals surface area contributed by atoms with Crippen molar-refractivity contribution in [1.29, 1.82) is 0 Å². The average molecular weight is 197 g/mol. The Labute approximate surface area is 77.6 Å². The van der Waals surface area contributed by atoms with Crippen LogP contribution in [0.2, 0.25) is 0 Å². The smallest absolute Gasteiger partial charge is 0.229 e. The summed E-state index contributed by atoms with van der Waals surface area (Å²) in [5.41, 5.74) is 0.856. The Morgan fingerprint density at radius 3 is 2.85 bits per heavy atom. The average Bonchev–Trinajstić information content (AvgIpc) is 2.08. The van der Waals surface area contributed by atoms with E-state index in [1.54, 1.807) is 18.2 Å². The van der Waals surface area contributed by atoms with E-state index >= 15 is 0 Å². The summed E-state index contributed by atoms with van der Waals surface area (Å²) in [5.74, 6) is 0.436. The number of allylic oxidation sites excluding steroid dienone is 1. The third-order valence-electron chi connectivity index (χ3n) is 1.51. The lowest BCUT2D eigenvalue weighted by Crippen LogP contribution is -1.87. The summed E-state index contributed by atoms with van der Waals surface area (Å²) >= 11 is 0. The van der Waals surface area contributed by atoms with E-state index < -0.39 is 8.25 Å². The minimum atomic E-state index is -2.59. The van der Waals surface area contributed by atoms with Gasteiger partial charge in [0.2, 0.25) is 0 Å².